The zero-order valence-electron chi connectivity index (χ0n) is 21.2. The van der Waals surface area contributed by atoms with E-state index in [2.05, 4.69) is 5.32 Å². The van der Waals surface area contributed by atoms with E-state index in [4.69, 9.17) is 33.2 Å². The second-order valence-corrected chi connectivity index (χ2v) is 10.6. The minimum absolute atomic E-state index is 0. The van der Waals surface area contributed by atoms with Crippen LogP contribution in [-0.4, -0.2) is 32.6 Å². The van der Waals surface area contributed by atoms with Gasteiger partial charge in [0.25, 0.3) is 15.9 Å². The predicted molar refractivity (Wildman–Crippen MR) is 142 cm³/mol. The third-order valence-corrected chi connectivity index (χ3v) is 7.01. The summed E-state index contributed by atoms with van der Waals surface area (Å²) in [6, 6.07) is 14.4. The van der Waals surface area contributed by atoms with Crippen LogP contribution in [0.2, 0.25) is 10.0 Å². The van der Waals surface area contributed by atoms with Crippen LogP contribution in [0.1, 0.15) is 40.4 Å². The number of sulfonamides is 1. The first-order valence-electron chi connectivity index (χ1n) is 11.1. The first kappa shape index (κ1) is 32.3. The van der Waals surface area contributed by atoms with Crippen LogP contribution in [-0.2, 0) is 19.6 Å². The summed E-state index contributed by atoms with van der Waals surface area (Å²) in [5.41, 5.74) is 1.17. The second-order valence-electron chi connectivity index (χ2n) is 8.01. The van der Waals surface area contributed by atoms with Crippen molar-refractivity contribution in [3.05, 3.63) is 86.9 Å². The molecule has 0 aliphatic rings. The Morgan fingerprint density at radius 2 is 1.69 bits per heavy atom. The minimum Gasteiger partial charge on any atom is -0.483 e. The molecule has 0 spiro atoms. The average Bonchev–Trinajstić information content (AvgIpc) is 2.87. The summed E-state index contributed by atoms with van der Waals surface area (Å²) in [7, 11) is -4.04. The van der Waals surface area contributed by atoms with Crippen molar-refractivity contribution >= 4 is 56.5 Å². The van der Waals surface area contributed by atoms with Crippen LogP contribution >= 0.6 is 23.2 Å². The van der Waals surface area contributed by atoms with Gasteiger partial charge in [-0.25, -0.2) is 13.1 Å². The van der Waals surface area contributed by atoms with Gasteiger partial charge < -0.3 is 10.1 Å². The van der Waals surface area contributed by atoms with Gasteiger partial charge in [-0.3, -0.25) is 14.4 Å². The summed E-state index contributed by atoms with van der Waals surface area (Å²) in [6.45, 7) is 2.64. The van der Waals surface area contributed by atoms with Gasteiger partial charge in [0.05, 0.1) is 22.1 Å². The molecule has 0 saturated heterocycles. The molecule has 3 aromatic rings. The number of aryl methyl sites for hydroxylation is 1. The van der Waals surface area contributed by atoms with Gasteiger partial charge in [-0.05, 0) is 67.1 Å². The molecule has 0 aromatic heterocycles. The number of ether oxygens (including phenoxy) is 1. The number of amides is 2. The Bertz CT molecular complexity index is 1590. The van der Waals surface area contributed by atoms with Gasteiger partial charge in [-0.1, -0.05) is 30.1 Å². The maximum Gasteiger partial charge on any atom is 1.00 e. The van der Waals surface area contributed by atoms with Gasteiger partial charge in [0, 0.05) is 27.7 Å². The molecule has 2 N–H and O–H groups in total. The molecule has 196 valence electrons. The molecule has 0 aliphatic carbocycles. The number of hydrogen-bond donors (Lipinski definition) is 2. The van der Waals surface area contributed by atoms with Crippen LogP contribution in [0.3, 0.4) is 0 Å². The smallest absolute Gasteiger partial charge is 0.483 e. The van der Waals surface area contributed by atoms with Gasteiger partial charge in [-0.2, -0.15) is 5.26 Å². The molecule has 0 radical (unpaired) electrons. The number of carbonyl (C=O) groups is 3. The monoisotopic (exact) mass is 596 g/mol. The Balaban J connectivity index is 0.00000533. The molecule has 0 heterocycles. The fourth-order valence-corrected chi connectivity index (χ4v) is 4.85. The number of carbonyl (C=O) groups excluding carboxylic acids is 3. The molecule has 13 heteroatoms. The van der Waals surface area contributed by atoms with Crippen LogP contribution in [0.15, 0.2) is 59.5 Å². The number of anilines is 1. The zero-order chi connectivity index (χ0) is 28.0. The molecule has 3 rings (SSSR count). The first-order valence-corrected chi connectivity index (χ1v) is 13.3. The standard InChI is InChI=1S/C26H21Cl2N3O6S.Na/c1-3-24(32)31-38(35,36)20-5-6-22(15(2)8-20)30-25(33)14-37-23-7-4-18(27)12-21(23)26(34)17-9-16(13-29)10-19(28)11-17;/h4-12H,3,14H2,1-2H3,(H,30,33)(H,31,32);/q;+1. The van der Waals surface area contributed by atoms with Crippen molar-refractivity contribution in [3.63, 3.8) is 0 Å². The van der Waals surface area contributed by atoms with E-state index in [0.29, 0.717) is 11.3 Å². The summed E-state index contributed by atoms with van der Waals surface area (Å²) in [5.74, 6) is -1.65. The Morgan fingerprint density at radius 3 is 2.33 bits per heavy atom. The number of benzene rings is 3. The van der Waals surface area contributed by atoms with E-state index in [9.17, 15) is 22.8 Å². The van der Waals surface area contributed by atoms with Crippen molar-refractivity contribution < 1.29 is 57.1 Å². The summed E-state index contributed by atoms with van der Waals surface area (Å²) in [4.78, 5) is 37.1. The molecule has 0 fully saturated rings. The van der Waals surface area contributed by atoms with Gasteiger partial charge in [-0.15, -0.1) is 0 Å². The molecule has 0 aliphatic heterocycles. The molecule has 39 heavy (non-hydrogen) atoms. The van der Waals surface area contributed by atoms with Crippen molar-refractivity contribution in [3.8, 4) is 11.8 Å². The zero-order valence-corrected chi connectivity index (χ0v) is 25.5. The van der Waals surface area contributed by atoms with E-state index in [0.717, 1.165) is 0 Å². The van der Waals surface area contributed by atoms with Crippen LogP contribution in [0, 0.1) is 18.3 Å². The van der Waals surface area contributed by atoms with Crippen LogP contribution in [0.25, 0.3) is 0 Å². The number of rotatable bonds is 9. The Labute approximate surface area is 257 Å². The first-order chi connectivity index (χ1) is 17.9. The van der Waals surface area contributed by atoms with E-state index in [1.165, 1.54) is 61.5 Å². The molecular formula is C26H21Cl2N3NaO6S+. The van der Waals surface area contributed by atoms with Gasteiger partial charge in [0.15, 0.2) is 12.4 Å². The molecule has 3 aromatic carbocycles. The number of nitrogens with one attached hydrogen (secondary N) is 2. The van der Waals surface area contributed by atoms with Crippen molar-refractivity contribution in [2.24, 2.45) is 0 Å². The van der Waals surface area contributed by atoms with Gasteiger partial charge >= 0.3 is 29.6 Å². The maximum atomic E-state index is 13.1. The van der Waals surface area contributed by atoms with Crippen molar-refractivity contribution in [2.45, 2.75) is 25.2 Å². The summed E-state index contributed by atoms with van der Waals surface area (Å²) in [6.07, 6.45) is 0.00723. The van der Waals surface area contributed by atoms with E-state index >= 15 is 0 Å². The number of halogens is 2. The Morgan fingerprint density at radius 1 is 0.974 bits per heavy atom. The fraction of sp³-hybridized carbons (Fsp3) is 0.154. The molecule has 0 bridgehead atoms. The number of ketones is 1. The van der Waals surface area contributed by atoms with Crippen LogP contribution in [0.5, 0.6) is 5.75 Å². The van der Waals surface area contributed by atoms with Crippen molar-refractivity contribution in [2.75, 3.05) is 11.9 Å². The summed E-state index contributed by atoms with van der Waals surface area (Å²) >= 11 is 12.1. The van der Waals surface area contributed by atoms with Crippen molar-refractivity contribution in [1.82, 2.24) is 4.72 Å². The van der Waals surface area contributed by atoms with E-state index in [1.807, 2.05) is 10.8 Å². The van der Waals surface area contributed by atoms with Crippen LogP contribution in [0.4, 0.5) is 5.69 Å². The molecule has 0 atom stereocenters. The minimum atomic E-state index is -4.04. The van der Waals surface area contributed by atoms with Crippen molar-refractivity contribution in [1.29, 1.82) is 5.26 Å². The summed E-state index contributed by atoms with van der Waals surface area (Å²) in [5, 5.41) is 12.2. The van der Waals surface area contributed by atoms with Gasteiger partial charge in [0.2, 0.25) is 5.91 Å². The van der Waals surface area contributed by atoms with E-state index < -0.39 is 34.2 Å². The van der Waals surface area contributed by atoms with Gasteiger partial charge in [0.1, 0.15) is 5.75 Å². The molecular weight excluding hydrogens is 576 g/mol. The van der Waals surface area contributed by atoms with E-state index in [-0.39, 0.29) is 73.4 Å². The van der Waals surface area contributed by atoms with Crippen LogP contribution < -0.4 is 44.3 Å². The molecule has 0 unspecified atom stereocenters. The predicted octanol–water partition coefficient (Wildman–Crippen LogP) is 1.64. The average molecular weight is 597 g/mol. The number of nitrogens with zero attached hydrogens (tertiary/aromatic N) is 1. The third-order valence-electron chi connectivity index (χ3n) is 5.19. The normalized spacial score (nSPS) is 10.5. The topological polar surface area (TPSA) is 142 Å². The number of hydrogen-bond acceptors (Lipinski definition) is 7. The molecule has 2 amide bonds. The molecule has 0 saturated carbocycles. The SMILES string of the molecule is CCC(=O)NS(=O)(=O)c1ccc(NC(=O)COc2ccc(Cl)cc2C(=O)c2cc(Cl)cc(C#N)c2)c(C)c1.[Na+]. The fourth-order valence-electron chi connectivity index (χ4n) is 3.30. The van der Waals surface area contributed by atoms with E-state index in [1.54, 1.807) is 6.92 Å². The maximum absolute atomic E-state index is 13.1. The Hall–Kier alpha value is -2.91. The molecule has 9 nitrogen and oxygen atoms in total. The largest absolute Gasteiger partial charge is 1.00 e. The third kappa shape index (κ3) is 8.54. The number of nitriles is 1. The Kier molecular flexibility index (Phi) is 11.5. The quantitative estimate of drug-likeness (QED) is 0.282. The second kappa shape index (κ2) is 13.9. The summed E-state index contributed by atoms with van der Waals surface area (Å²) < 4.78 is 32.2.